The number of halogens is 3. The second-order valence-electron chi connectivity index (χ2n) is 4.37. The Morgan fingerprint density at radius 1 is 1.35 bits per heavy atom. The summed E-state index contributed by atoms with van der Waals surface area (Å²) in [6.45, 7) is 3.44. The number of hydrogen-bond donors (Lipinski definition) is 2. The van der Waals surface area contributed by atoms with Gasteiger partial charge in [-0.2, -0.15) is 5.26 Å². The Balaban J connectivity index is 0.00000180. The highest BCUT2D eigenvalue weighted by Gasteiger charge is 2.22. The van der Waals surface area contributed by atoms with E-state index in [2.05, 4.69) is 16.3 Å². The SMILES string of the molecule is Cl.Cl.N#CC[C@@H](c1ccc(O)c(F)c1)N1CCNCC1. The van der Waals surface area contributed by atoms with Crippen molar-refractivity contribution in [3.63, 3.8) is 0 Å². The van der Waals surface area contributed by atoms with Crippen LogP contribution in [0.25, 0.3) is 0 Å². The summed E-state index contributed by atoms with van der Waals surface area (Å²) in [5, 5.41) is 21.4. The number of hydrogen-bond acceptors (Lipinski definition) is 4. The van der Waals surface area contributed by atoms with Crippen molar-refractivity contribution in [3.05, 3.63) is 29.6 Å². The van der Waals surface area contributed by atoms with Crippen LogP contribution in [0, 0.1) is 17.1 Å². The zero-order valence-electron chi connectivity index (χ0n) is 10.9. The average molecular weight is 322 g/mol. The quantitative estimate of drug-likeness (QED) is 0.896. The van der Waals surface area contributed by atoms with E-state index in [1.807, 2.05) is 0 Å². The van der Waals surface area contributed by atoms with Gasteiger partial charge >= 0.3 is 0 Å². The van der Waals surface area contributed by atoms with Gasteiger partial charge in [0.1, 0.15) is 0 Å². The Labute approximate surface area is 130 Å². The lowest BCUT2D eigenvalue weighted by Gasteiger charge is -2.34. The standard InChI is InChI=1S/C13H16FN3O.2ClH/c14-11-9-10(1-2-13(11)18)12(3-4-15)17-7-5-16-6-8-17;;/h1-2,9,12,16,18H,3,5-8H2;2*1H/t12-;;/m0../s1. The first kappa shape index (κ1) is 18.9. The predicted octanol–water partition coefficient (Wildman–Crippen LogP) is 2.23. The second-order valence-corrected chi connectivity index (χ2v) is 4.37. The largest absolute Gasteiger partial charge is 0.505 e. The molecular formula is C13H18Cl2FN3O. The van der Waals surface area contributed by atoms with E-state index in [9.17, 15) is 9.50 Å². The lowest BCUT2D eigenvalue weighted by Crippen LogP contribution is -2.45. The molecule has 0 amide bonds. The summed E-state index contributed by atoms with van der Waals surface area (Å²) in [6.07, 6.45) is 0.324. The molecule has 0 aliphatic carbocycles. The lowest BCUT2D eigenvalue weighted by atomic mass is 10.0. The van der Waals surface area contributed by atoms with E-state index in [1.54, 1.807) is 6.07 Å². The minimum absolute atomic E-state index is 0. The maximum Gasteiger partial charge on any atom is 0.165 e. The fraction of sp³-hybridized carbons (Fsp3) is 0.462. The van der Waals surface area contributed by atoms with Gasteiger partial charge in [0.05, 0.1) is 12.5 Å². The number of benzene rings is 1. The highest BCUT2D eigenvalue weighted by atomic mass is 35.5. The Kier molecular flexibility index (Phi) is 8.51. The summed E-state index contributed by atoms with van der Waals surface area (Å²) in [6, 6.07) is 6.39. The third kappa shape index (κ3) is 4.50. The van der Waals surface area contributed by atoms with Gasteiger partial charge < -0.3 is 10.4 Å². The van der Waals surface area contributed by atoms with E-state index >= 15 is 0 Å². The average Bonchev–Trinajstić information content (AvgIpc) is 2.40. The van der Waals surface area contributed by atoms with Gasteiger partial charge in [-0.15, -0.1) is 24.8 Å². The van der Waals surface area contributed by atoms with E-state index in [0.29, 0.717) is 6.42 Å². The molecule has 20 heavy (non-hydrogen) atoms. The molecule has 112 valence electrons. The number of piperazine rings is 1. The molecule has 1 atom stereocenters. The van der Waals surface area contributed by atoms with Crippen LogP contribution in [0.3, 0.4) is 0 Å². The molecule has 2 rings (SSSR count). The van der Waals surface area contributed by atoms with Crippen LogP contribution in [0.1, 0.15) is 18.0 Å². The molecule has 0 radical (unpaired) electrons. The van der Waals surface area contributed by atoms with E-state index in [4.69, 9.17) is 5.26 Å². The molecule has 1 aliphatic rings. The van der Waals surface area contributed by atoms with Crippen LogP contribution < -0.4 is 5.32 Å². The van der Waals surface area contributed by atoms with Crippen molar-refractivity contribution in [1.82, 2.24) is 10.2 Å². The van der Waals surface area contributed by atoms with Crippen LogP contribution in [0.4, 0.5) is 4.39 Å². The van der Waals surface area contributed by atoms with Crippen LogP contribution in [0.15, 0.2) is 18.2 Å². The molecule has 1 aliphatic heterocycles. The van der Waals surface area contributed by atoms with Gasteiger partial charge in [-0.05, 0) is 17.7 Å². The van der Waals surface area contributed by atoms with Crippen molar-refractivity contribution in [3.8, 4) is 11.8 Å². The molecule has 2 N–H and O–H groups in total. The summed E-state index contributed by atoms with van der Waals surface area (Å²) in [5.74, 6) is -0.986. The zero-order valence-corrected chi connectivity index (χ0v) is 12.5. The Morgan fingerprint density at radius 3 is 2.55 bits per heavy atom. The minimum atomic E-state index is -0.634. The van der Waals surface area contributed by atoms with Gasteiger partial charge in [-0.25, -0.2) is 4.39 Å². The van der Waals surface area contributed by atoms with Gasteiger partial charge in [0.25, 0.3) is 0 Å². The third-order valence-electron chi connectivity index (χ3n) is 3.23. The van der Waals surface area contributed by atoms with Crippen LogP contribution in [-0.2, 0) is 0 Å². The number of nitriles is 1. The number of nitrogens with zero attached hydrogens (tertiary/aromatic N) is 2. The zero-order chi connectivity index (χ0) is 13.0. The highest BCUT2D eigenvalue weighted by molar-refractivity contribution is 5.85. The van der Waals surface area contributed by atoms with Crippen molar-refractivity contribution in [1.29, 1.82) is 5.26 Å². The molecule has 0 unspecified atom stereocenters. The number of aromatic hydroxyl groups is 1. The smallest absolute Gasteiger partial charge is 0.165 e. The van der Waals surface area contributed by atoms with E-state index in [1.165, 1.54) is 12.1 Å². The molecule has 7 heteroatoms. The van der Waals surface area contributed by atoms with E-state index in [-0.39, 0.29) is 36.6 Å². The maximum atomic E-state index is 13.4. The first-order valence-electron chi connectivity index (χ1n) is 6.02. The van der Waals surface area contributed by atoms with Crippen molar-refractivity contribution in [2.45, 2.75) is 12.5 Å². The van der Waals surface area contributed by atoms with Gasteiger partial charge in [0.15, 0.2) is 11.6 Å². The fourth-order valence-corrected chi connectivity index (χ4v) is 2.27. The minimum Gasteiger partial charge on any atom is -0.505 e. The van der Waals surface area contributed by atoms with Crippen LogP contribution in [-0.4, -0.2) is 36.2 Å². The molecule has 4 nitrogen and oxygen atoms in total. The van der Waals surface area contributed by atoms with Gasteiger partial charge in [-0.1, -0.05) is 6.07 Å². The summed E-state index contributed by atoms with van der Waals surface area (Å²) in [5.41, 5.74) is 0.744. The van der Waals surface area contributed by atoms with Crippen molar-refractivity contribution in [2.75, 3.05) is 26.2 Å². The molecule has 1 aromatic carbocycles. The van der Waals surface area contributed by atoms with E-state index in [0.717, 1.165) is 31.7 Å². The summed E-state index contributed by atoms with van der Waals surface area (Å²) >= 11 is 0. The number of phenols is 1. The monoisotopic (exact) mass is 321 g/mol. The van der Waals surface area contributed by atoms with Crippen molar-refractivity contribution >= 4 is 24.8 Å². The molecular weight excluding hydrogens is 304 g/mol. The predicted molar refractivity (Wildman–Crippen MR) is 80.0 cm³/mol. The molecule has 0 spiro atoms. The molecule has 0 bridgehead atoms. The number of nitrogens with one attached hydrogen (secondary N) is 1. The first-order chi connectivity index (χ1) is 8.72. The molecule has 0 saturated carbocycles. The normalized spacial score (nSPS) is 16.4. The fourth-order valence-electron chi connectivity index (χ4n) is 2.27. The maximum absolute atomic E-state index is 13.4. The van der Waals surface area contributed by atoms with Crippen LogP contribution >= 0.6 is 24.8 Å². The Hall–Kier alpha value is -1.06. The highest BCUT2D eigenvalue weighted by Crippen LogP contribution is 2.27. The van der Waals surface area contributed by atoms with E-state index < -0.39 is 5.82 Å². The van der Waals surface area contributed by atoms with Crippen LogP contribution in [0.5, 0.6) is 5.75 Å². The van der Waals surface area contributed by atoms with Crippen LogP contribution in [0.2, 0.25) is 0 Å². The van der Waals surface area contributed by atoms with Gasteiger partial charge in [0, 0.05) is 32.2 Å². The van der Waals surface area contributed by atoms with Crippen molar-refractivity contribution in [2.24, 2.45) is 0 Å². The molecule has 1 fully saturated rings. The topological polar surface area (TPSA) is 59.3 Å². The summed E-state index contributed by atoms with van der Waals surface area (Å²) in [7, 11) is 0. The van der Waals surface area contributed by atoms with Gasteiger partial charge in [0.2, 0.25) is 0 Å². The first-order valence-corrected chi connectivity index (χ1v) is 6.02. The lowest BCUT2D eigenvalue weighted by molar-refractivity contribution is 0.175. The molecule has 0 aromatic heterocycles. The van der Waals surface area contributed by atoms with Crippen molar-refractivity contribution < 1.29 is 9.50 Å². The number of rotatable bonds is 3. The number of phenolic OH excluding ortho intramolecular Hbond substituents is 1. The molecule has 1 heterocycles. The third-order valence-corrected chi connectivity index (χ3v) is 3.23. The summed E-state index contributed by atoms with van der Waals surface area (Å²) in [4.78, 5) is 2.17. The summed E-state index contributed by atoms with van der Waals surface area (Å²) < 4.78 is 13.4. The Morgan fingerprint density at radius 2 is 2.00 bits per heavy atom. The Bertz CT molecular complexity index is 461. The molecule has 1 saturated heterocycles. The second kappa shape index (κ2) is 8.98. The molecule has 1 aromatic rings. The van der Waals surface area contributed by atoms with Gasteiger partial charge in [-0.3, -0.25) is 4.90 Å².